The van der Waals surface area contributed by atoms with Crippen LogP contribution in [0.2, 0.25) is 0 Å². The third-order valence-corrected chi connectivity index (χ3v) is 7.58. The lowest BCUT2D eigenvalue weighted by Crippen LogP contribution is -2.50. The number of fused-ring (bicyclic) bond motifs is 2. The summed E-state index contributed by atoms with van der Waals surface area (Å²) in [6, 6.07) is 16.5. The molecule has 0 atom stereocenters. The smallest absolute Gasteiger partial charge is 0.254 e. The topological polar surface area (TPSA) is 88.9 Å². The maximum absolute atomic E-state index is 13.2. The Balaban J connectivity index is 1.23. The minimum absolute atomic E-state index is 0.102. The number of pyridine rings is 1. The van der Waals surface area contributed by atoms with Crippen LogP contribution in [0.25, 0.3) is 27.7 Å². The molecule has 1 fully saturated rings. The van der Waals surface area contributed by atoms with Crippen LogP contribution in [0.4, 0.5) is 11.4 Å². The summed E-state index contributed by atoms with van der Waals surface area (Å²) in [5.74, 6) is 0.278. The fourth-order valence-electron chi connectivity index (χ4n) is 5.38. The first-order chi connectivity index (χ1) is 18.4. The van der Waals surface area contributed by atoms with Crippen molar-refractivity contribution in [3.63, 3.8) is 0 Å². The summed E-state index contributed by atoms with van der Waals surface area (Å²) >= 11 is 0. The highest BCUT2D eigenvalue weighted by Gasteiger charge is 2.24. The highest BCUT2D eigenvalue weighted by atomic mass is 16.3. The molecule has 3 aromatic heterocycles. The van der Waals surface area contributed by atoms with E-state index in [-0.39, 0.29) is 11.8 Å². The van der Waals surface area contributed by atoms with Crippen LogP contribution >= 0.6 is 0 Å². The summed E-state index contributed by atoms with van der Waals surface area (Å²) in [6.07, 6.45) is 5.54. The number of nitrogens with one attached hydrogen (secondary N) is 2. The lowest BCUT2D eigenvalue weighted by molar-refractivity contribution is 0.0595. The molecule has 4 heterocycles. The van der Waals surface area contributed by atoms with Crippen molar-refractivity contribution in [2.45, 2.75) is 26.8 Å². The normalized spacial score (nSPS) is 14.6. The molecule has 194 valence electrons. The van der Waals surface area contributed by atoms with Gasteiger partial charge in [-0.25, -0.2) is 4.98 Å². The van der Waals surface area contributed by atoms with E-state index in [1.54, 1.807) is 12.4 Å². The third-order valence-electron chi connectivity index (χ3n) is 7.58. The molecular formula is C30H32N6O2. The SMILES string of the molecule is Cc1cc(Nc2ccc(-c3ccc4c(O)[nH]cc4c3)n3ccnc23)ccc1C(=O)N1CCN(C(C)C)CC1. The Morgan fingerprint density at radius 3 is 2.63 bits per heavy atom. The number of carbonyl (C=O) groups excluding carboxylic acids is 1. The number of aromatic nitrogens is 3. The second-order valence-corrected chi connectivity index (χ2v) is 10.3. The molecular weight excluding hydrogens is 476 g/mol. The van der Waals surface area contributed by atoms with Crippen molar-refractivity contribution in [3.8, 4) is 17.1 Å². The molecule has 0 unspecified atom stereocenters. The first-order valence-corrected chi connectivity index (χ1v) is 13.1. The summed E-state index contributed by atoms with van der Waals surface area (Å²) in [5.41, 5.74) is 6.32. The average Bonchev–Trinajstić information content (AvgIpc) is 3.56. The van der Waals surface area contributed by atoms with Crippen LogP contribution in [0.15, 0.2) is 67.1 Å². The number of rotatable bonds is 5. The molecule has 1 aliphatic heterocycles. The molecule has 2 aromatic carbocycles. The Kier molecular flexibility index (Phi) is 6.04. The molecule has 0 radical (unpaired) electrons. The van der Waals surface area contributed by atoms with E-state index in [4.69, 9.17) is 0 Å². The van der Waals surface area contributed by atoms with Gasteiger partial charge in [0, 0.05) is 72.8 Å². The first kappa shape index (κ1) is 24.1. The number of aryl methyl sites for hydroxylation is 1. The molecule has 8 nitrogen and oxygen atoms in total. The van der Waals surface area contributed by atoms with Gasteiger partial charge in [-0.15, -0.1) is 0 Å². The number of H-pyrrole nitrogens is 1. The number of anilines is 2. The second kappa shape index (κ2) is 9.54. The average molecular weight is 509 g/mol. The molecule has 0 saturated carbocycles. The summed E-state index contributed by atoms with van der Waals surface area (Å²) < 4.78 is 2.05. The molecule has 8 heteroatoms. The largest absolute Gasteiger partial charge is 0.494 e. The number of amides is 1. The van der Waals surface area contributed by atoms with Gasteiger partial charge in [0.1, 0.15) is 0 Å². The van der Waals surface area contributed by atoms with Gasteiger partial charge in [-0.2, -0.15) is 0 Å². The van der Waals surface area contributed by atoms with E-state index in [1.807, 2.05) is 54.4 Å². The van der Waals surface area contributed by atoms with Crippen LogP contribution in [-0.2, 0) is 0 Å². The van der Waals surface area contributed by atoms with Crippen LogP contribution in [0.3, 0.4) is 0 Å². The van der Waals surface area contributed by atoms with Crippen molar-refractivity contribution in [1.29, 1.82) is 0 Å². The Morgan fingerprint density at radius 1 is 1.05 bits per heavy atom. The lowest BCUT2D eigenvalue weighted by Gasteiger charge is -2.37. The number of hydrogen-bond donors (Lipinski definition) is 3. The highest BCUT2D eigenvalue weighted by molar-refractivity contribution is 5.96. The van der Waals surface area contributed by atoms with E-state index in [1.165, 1.54) is 0 Å². The summed E-state index contributed by atoms with van der Waals surface area (Å²) in [4.78, 5) is 25.1. The first-order valence-electron chi connectivity index (χ1n) is 13.1. The van der Waals surface area contributed by atoms with Gasteiger partial charge in [0.2, 0.25) is 0 Å². The Hall–Kier alpha value is -4.30. The van der Waals surface area contributed by atoms with Gasteiger partial charge in [0.15, 0.2) is 11.5 Å². The number of aromatic amines is 1. The number of imidazole rings is 1. The molecule has 1 saturated heterocycles. The molecule has 5 aromatic rings. The van der Waals surface area contributed by atoms with Gasteiger partial charge < -0.3 is 20.3 Å². The van der Waals surface area contributed by atoms with E-state index in [0.29, 0.717) is 6.04 Å². The molecule has 38 heavy (non-hydrogen) atoms. The molecule has 1 aliphatic rings. The van der Waals surface area contributed by atoms with E-state index >= 15 is 0 Å². The van der Waals surface area contributed by atoms with E-state index in [2.05, 4.69) is 50.6 Å². The van der Waals surface area contributed by atoms with Crippen molar-refractivity contribution >= 4 is 33.7 Å². The number of carbonyl (C=O) groups is 1. The summed E-state index contributed by atoms with van der Waals surface area (Å²) in [6.45, 7) is 9.75. The standard InChI is InChI=1S/C30H32N6O2/c1-19(2)34-12-14-35(15-13-34)30(38)24-7-5-23(16-20(24)3)33-26-8-9-27(36-11-10-31-28(26)36)21-4-6-25-22(17-21)18-32-29(25)37/h4-11,16-19,32-33,37H,12-15H2,1-3H3. The second-order valence-electron chi connectivity index (χ2n) is 10.3. The zero-order valence-corrected chi connectivity index (χ0v) is 21.9. The predicted molar refractivity (Wildman–Crippen MR) is 151 cm³/mol. The zero-order valence-electron chi connectivity index (χ0n) is 21.9. The van der Waals surface area contributed by atoms with Crippen molar-refractivity contribution < 1.29 is 9.90 Å². The fourth-order valence-corrected chi connectivity index (χ4v) is 5.38. The van der Waals surface area contributed by atoms with Gasteiger partial charge >= 0.3 is 0 Å². The minimum atomic E-state index is 0.102. The van der Waals surface area contributed by atoms with Crippen molar-refractivity contribution in [3.05, 3.63) is 78.2 Å². The van der Waals surface area contributed by atoms with E-state index < -0.39 is 0 Å². The van der Waals surface area contributed by atoms with Crippen LogP contribution in [0.1, 0.15) is 29.8 Å². The third kappa shape index (κ3) is 4.26. The highest BCUT2D eigenvalue weighted by Crippen LogP contribution is 2.32. The number of aromatic hydroxyl groups is 1. The van der Waals surface area contributed by atoms with Crippen LogP contribution in [-0.4, -0.2) is 67.4 Å². The van der Waals surface area contributed by atoms with Crippen molar-refractivity contribution in [1.82, 2.24) is 24.2 Å². The van der Waals surface area contributed by atoms with Gasteiger partial charge in [0.05, 0.1) is 11.4 Å². The monoisotopic (exact) mass is 508 g/mol. The van der Waals surface area contributed by atoms with Crippen LogP contribution in [0.5, 0.6) is 5.88 Å². The molecule has 1 amide bonds. The van der Waals surface area contributed by atoms with Crippen molar-refractivity contribution in [2.24, 2.45) is 0 Å². The molecule has 0 spiro atoms. The Labute approximate surface area is 221 Å². The van der Waals surface area contributed by atoms with Gasteiger partial charge in [-0.1, -0.05) is 6.07 Å². The molecule has 0 bridgehead atoms. The van der Waals surface area contributed by atoms with Gasteiger partial charge in [-0.05, 0) is 74.4 Å². The number of benzene rings is 2. The fraction of sp³-hybridized carbons (Fsp3) is 0.267. The predicted octanol–water partition coefficient (Wildman–Crippen LogP) is 5.41. The molecule has 0 aliphatic carbocycles. The minimum Gasteiger partial charge on any atom is -0.494 e. The van der Waals surface area contributed by atoms with E-state index in [9.17, 15) is 9.90 Å². The Bertz CT molecular complexity index is 1640. The summed E-state index contributed by atoms with van der Waals surface area (Å²) in [5, 5.41) is 15.2. The van der Waals surface area contributed by atoms with Crippen LogP contribution in [0, 0.1) is 6.92 Å². The number of nitrogens with zero attached hydrogens (tertiary/aromatic N) is 4. The maximum Gasteiger partial charge on any atom is 0.254 e. The quantitative estimate of drug-likeness (QED) is 0.296. The van der Waals surface area contributed by atoms with Crippen LogP contribution < -0.4 is 5.32 Å². The molecule has 3 N–H and O–H groups in total. The summed E-state index contributed by atoms with van der Waals surface area (Å²) in [7, 11) is 0. The maximum atomic E-state index is 13.2. The van der Waals surface area contributed by atoms with Gasteiger partial charge in [-0.3, -0.25) is 14.1 Å². The lowest BCUT2D eigenvalue weighted by atomic mass is 10.1. The van der Waals surface area contributed by atoms with Gasteiger partial charge in [0.25, 0.3) is 5.91 Å². The molecule has 6 rings (SSSR count). The Morgan fingerprint density at radius 2 is 1.87 bits per heavy atom. The van der Waals surface area contributed by atoms with E-state index in [0.717, 1.165) is 76.4 Å². The zero-order chi connectivity index (χ0) is 26.4. The number of hydrogen-bond acceptors (Lipinski definition) is 5. The van der Waals surface area contributed by atoms with Crippen molar-refractivity contribution in [2.75, 3.05) is 31.5 Å². The number of piperazine rings is 1.